The Morgan fingerprint density at radius 1 is 1.22 bits per heavy atom. The Labute approximate surface area is 134 Å². The van der Waals surface area contributed by atoms with E-state index in [4.69, 9.17) is 9.57 Å². The predicted octanol–water partition coefficient (Wildman–Crippen LogP) is 2.90. The molecule has 0 radical (unpaired) electrons. The van der Waals surface area contributed by atoms with E-state index in [1.54, 1.807) is 44.2 Å². The van der Waals surface area contributed by atoms with Gasteiger partial charge in [-0.25, -0.2) is 4.79 Å². The summed E-state index contributed by atoms with van der Waals surface area (Å²) in [5, 5.41) is 13.2. The van der Waals surface area contributed by atoms with Gasteiger partial charge >= 0.3 is 5.97 Å². The molecule has 23 heavy (non-hydrogen) atoms. The second-order valence-electron chi connectivity index (χ2n) is 4.77. The first-order chi connectivity index (χ1) is 11.1. The summed E-state index contributed by atoms with van der Waals surface area (Å²) in [6.07, 6.45) is 1.35. The lowest BCUT2D eigenvalue weighted by atomic mass is 10.1. The molecule has 0 aliphatic carbocycles. The first-order valence-corrected chi connectivity index (χ1v) is 7.18. The summed E-state index contributed by atoms with van der Waals surface area (Å²) in [4.78, 5) is 20.9. The molecule has 1 aromatic heterocycles. The van der Waals surface area contributed by atoms with Crippen molar-refractivity contribution in [2.45, 2.75) is 20.5 Å². The third-order valence-corrected chi connectivity index (χ3v) is 3.02. The minimum Gasteiger partial charge on any atom is -0.506 e. The predicted molar refractivity (Wildman–Crippen MR) is 85.3 cm³/mol. The van der Waals surface area contributed by atoms with Crippen LogP contribution in [0.5, 0.6) is 5.75 Å². The van der Waals surface area contributed by atoms with E-state index in [1.807, 2.05) is 0 Å². The van der Waals surface area contributed by atoms with Crippen LogP contribution < -0.4 is 0 Å². The topological polar surface area (TPSA) is 81.0 Å². The zero-order chi connectivity index (χ0) is 16.7. The summed E-state index contributed by atoms with van der Waals surface area (Å²) in [6, 6.07) is 10.1. The Hall–Kier alpha value is -2.89. The highest BCUT2D eigenvalue weighted by molar-refractivity contribution is 5.96. The number of carbonyl (C=O) groups excluding carboxylic acids is 1. The second kappa shape index (κ2) is 7.93. The van der Waals surface area contributed by atoms with Crippen LogP contribution in [0.3, 0.4) is 0 Å². The molecule has 0 spiro atoms. The zero-order valence-electron chi connectivity index (χ0n) is 13.0. The second-order valence-corrected chi connectivity index (χ2v) is 4.77. The average molecular weight is 314 g/mol. The molecule has 0 saturated carbocycles. The van der Waals surface area contributed by atoms with E-state index in [-0.39, 0.29) is 18.3 Å². The van der Waals surface area contributed by atoms with E-state index in [2.05, 4.69) is 10.1 Å². The molecule has 0 unspecified atom stereocenters. The number of hydrogen-bond donors (Lipinski definition) is 1. The van der Waals surface area contributed by atoms with E-state index in [1.165, 1.54) is 12.3 Å². The lowest BCUT2D eigenvalue weighted by molar-refractivity contribution is 0.0526. The highest BCUT2D eigenvalue weighted by Crippen LogP contribution is 2.09. The van der Waals surface area contributed by atoms with E-state index in [0.717, 1.165) is 5.56 Å². The van der Waals surface area contributed by atoms with E-state index in [9.17, 15) is 9.90 Å². The molecular weight excluding hydrogens is 296 g/mol. The third-order valence-electron chi connectivity index (χ3n) is 3.02. The number of aromatic nitrogens is 1. The van der Waals surface area contributed by atoms with Gasteiger partial charge in [0.05, 0.1) is 24.1 Å². The molecule has 1 aromatic carbocycles. The summed E-state index contributed by atoms with van der Waals surface area (Å²) in [5.74, 6) is -0.239. The van der Waals surface area contributed by atoms with Crippen molar-refractivity contribution >= 4 is 11.7 Å². The van der Waals surface area contributed by atoms with Gasteiger partial charge in [0.25, 0.3) is 0 Å². The first-order valence-electron chi connectivity index (χ1n) is 7.18. The number of benzene rings is 1. The van der Waals surface area contributed by atoms with Crippen LogP contribution in [0.4, 0.5) is 0 Å². The van der Waals surface area contributed by atoms with Gasteiger partial charge in [0.2, 0.25) is 0 Å². The summed E-state index contributed by atoms with van der Waals surface area (Å²) in [6.45, 7) is 4.16. The fraction of sp³-hybridized carbons (Fsp3) is 0.235. The Kier molecular flexibility index (Phi) is 5.68. The van der Waals surface area contributed by atoms with Gasteiger partial charge in [-0.3, -0.25) is 4.98 Å². The maximum absolute atomic E-state index is 11.5. The van der Waals surface area contributed by atoms with Crippen LogP contribution in [0.25, 0.3) is 0 Å². The molecule has 0 aliphatic heterocycles. The Morgan fingerprint density at radius 2 is 1.96 bits per heavy atom. The molecule has 0 bridgehead atoms. The monoisotopic (exact) mass is 314 g/mol. The highest BCUT2D eigenvalue weighted by atomic mass is 16.6. The first kappa shape index (κ1) is 16.5. The molecule has 1 N–H and O–H groups in total. The van der Waals surface area contributed by atoms with Crippen LogP contribution >= 0.6 is 0 Å². The van der Waals surface area contributed by atoms with Gasteiger partial charge in [-0.2, -0.15) is 0 Å². The number of esters is 1. The van der Waals surface area contributed by atoms with E-state index >= 15 is 0 Å². The van der Waals surface area contributed by atoms with Gasteiger partial charge in [0.15, 0.2) is 0 Å². The SMILES string of the molecule is CCOC(=O)c1ccc(CON=C(C)c2ccc(O)cn2)cc1. The Bertz CT molecular complexity index is 679. The van der Waals surface area contributed by atoms with Gasteiger partial charge in [-0.1, -0.05) is 17.3 Å². The summed E-state index contributed by atoms with van der Waals surface area (Å²) in [7, 11) is 0. The molecule has 120 valence electrons. The van der Waals surface area contributed by atoms with Gasteiger partial charge in [0, 0.05) is 0 Å². The van der Waals surface area contributed by atoms with E-state index < -0.39 is 0 Å². The lowest BCUT2D eigenvalue weighted by Gasteiger charge is -2.04. The molecular formula is C17H18N2O4. The van der Waals surface area contributed by atoms with Crippen molar-refractivity contribution in [3.8, 4) is 5.75 Å². The molecule has 1 heterocycles. The lowest BCUT2D eigenvalue weighted by Crippen LogP contribution is -2.04. The number of oxime groups is 1. The number of rotatable bonds is 6. The van der Waals surface area contributed by atoms with Crippen LogP contribution in [-0.4, -0.2) is 28.4 Å². The van der Waals surface area contributed by atoms with Crippen molar-refractivity contribution in [3.63, 3.8) is 0 Å². The van der Waals surface area contributed by atoms with Gasteiger partial charge in [-0.15, -0.1) is 0 Å². The molecule has 2 rings (SSSR count). The van der Waals surface area contributed by atoms with Crippen LogP contribution in [0, 0.1) is 0 Å². The molecule has 2 aromatic rings. The smallest absolute Gasteiger partial charge is 0.338 e. The van der Waals surface area contributed by atoms with Gasteiger partial charge < -0.3 is 14.7 Å². The molecule has 6 nitrogen and oxygen atoms in total. The molecule has 0 atom stereocenters. The van der Waals surface area contributed by atoms with Crippen LogP contribution in [0.1, 0.15) is 35.5 Å². The summed E-state index contributed by atoms with van der Waals surface area (Å²) >= 11 is 0. The quantitative estimate of drug-likeness (QED) is 0.504. The van der Waals surface area contributed by atoms with E-state index in [0.29, 0.717) is 23.6 Å². The normalized spacial score (nSPS) is 11.1. The van der Waals surface area contributed by atoms with Crippen LogP contribution in [-0.2, 0) is 16.2 Å². The number of ether oxygens (including phenoxy) is 1. The van der Waals surface area contributed by atoms with Gasteiger partial charge in [-0.05, 0) is 43.7 Å². The largest absolute Gasteiger partial charge is 0.506 e. The maximum atomic E-state index is 11.5. The maximum Gasteiger partial charge on any atom is 0.338 e. The number of carbonyl (C=O) groups is 1. The third kappa shape index (κ3) is 4.81. The van der Waals surface area contributed by atoms with Crippen molar-refractivity contribution in [3.05, 3.63) is 59.4 Å². The molecule has 0 fully saturated rings. The fourth-order valence-corrected chi connectivity index (χ4v) is 1.80. The number of hydrogen-bond acceptors (Lipinski definition) is 6. The average Bonchev–Trinajstić information content (AvgIpc) is 2.56. The zero-order valence-corrected chi connectivity index (χ0v) is 13.0. The standard InChI is InChI=1S/C17H18N2O4/c1-3-22-17(21)14-6-4-13(5-7-14)11-23-19-12(2)16-9-8-15(20)10-18-16/h4-10,20H,3,11H2,1-2H3. The number of pyridine rings is 1. The highest BCUT2D eigenvalue weighted by Gasteiger charge is 2.05. The van der Waals surface area contributed by atoms with Crippen LogP contribution in [0.2, 0.25) is 0 Å². The summed E-state index contributed by atoms with van der Waals surface area (Å²) < 4.78 is 4.92. The molecule has 6 heteroatoms. The molecule has 0 amide bonds. The van der Waals surface area contributed by atoms with Crippen molar-refractivity contribution in [1.82, 2.24) is 4.98 Å². The number of nitrogens with zero attached hydrogens (tertiary/aromatic N) is 2. The summed E-state index contributed by atoms with van der Waals surface area (Å²) in [5.41, 5.74) is 2.62. The van der Waals surface area contributed by atoms with Crippen molar-refractivity contribution in [2.24, 2.45) is 5.16 Å². The minimum absolute atomic E-state index is 0.101. The fourth-order valence-electron chi connectivity index (χ4n) is 1.80. The molecule has 0 aliphatic rings. The van der Waals surface area contributed by atoms with Crippen LogP contribution in [0.15, 0.2) is 47.8 Å². The van der Waals surface area contributed by atoms with Crippen molar-refractivity contribution < 1.29 is 19.5 Å². The van der Waals surface area contributed by atoms with Gasteiger partial charge in [0.1, 0.15) is 18.1 Å². The van der Waals surface area contributed by atoms with Crippen molar-refractivity contribution in [1.29, 1.82) is 0 Å². The Morgan fingerprint density at radius 3 is 2.57 bits per heavy atom. The number of aromatic hydroxyl groups is 1. The van der Waals surface area contributed by atoms with Crippen molar-refractivity contribution in [2.75, 3.05) is 6.61 Å². The minimum atomic E-state index is -0.341. The molecule has 0 saturated heterocycles. The Balaban J connectivity index is 1.91.